The summed E-state index contributed by atoms with van der Waals surface area (Å²) < 4.78 is 5.66. The molecule has 0 spiro atoms. The van der Waals surface area contributed by atoms with Crippen molar-refractivity contribution in [3.8, 4) is 11.6 Å². The van der Waals surface area contributed by atoms with Gasteiger partial charge < -0.3 is 10.1 Å². The lowest BCUT2D eigenvalue weighted by Gasteiger charge is -2.08. The van der Waals surface area contributed by atoms with E-state index in [1.807, 2.05) is 30.5 Å². The maximum Gasteiger partial charge on any atom is 0.237 e. The minimum atomic E-state index is 0.433. The van der Waals surface area contributed by atoms with E-state index < -0.39 is 0 Å². The fourth-order valence-electron chi connectivity index (χ4n) is 1.56. The second kappa shape index (κ2) is 7.26. The van der Waals surface area contributed by atoms with Gasteiger partial charge in [-0.3, -0.25) is 4.98 Å². The third-order valence-corrected chi connectivity index (χ3v) is 3.40. The molecule has 4 nitrogen and oxygen atoms in total. The van der Waals surface area contributed by atoms with Crippen LogP contribution in [0.1, 0.15) is 19.5 Å². The lowest BCUT2D eigenvalue weighted by molar-refractivity contribution is 0.458. The molecule has 0 saturated carbocycles. The molecule has 0 atom stereocenters. The third-order valence-electron chi connectivity index (χ3n) is 2.65. The van der Waals surface area contributed by atoms with Crippen LogP contribution >= 0.6 is 11.8 Å². The van der Waals surface area contributed by atoms with Crippen LogP contribution in [0.2, 0.25) is 0 Å². The summed E-state index contributed by atoms with van der Waals surface area (Å²) >= 11 is 1.70. The van der Waals surface area contributed by atoms with Crippen LogP contribution in [0.3, 0.4) is 0 Å². The molecule has 106 valence electrons. The van der Waals surface area contributed by atoms with Gasteiger partial charge in [-0.15, -0.1) is 11.8 Å². The Hall–Kier alpha value is -1.59. The number of hydrogen-bond donors (Lipinski definition) is 1. The van der Waals surface area contributed by atoms with E-state index in [4.69, 9.17) is 4.74 Å². The van der Waals surface area contributed by atoms with Crippen LogP contribution < -0.4 is 10.1 Å². The highest BCUT2D eigenvalue weighted by Crippen LogP contribution is 2.22. The molecule has 0 bridgehead atoms. The van der Waals surface area contributed by atoms with Gasteiger partial charge in [-0.05, 0) is 30.5 Å². The molecule has 0 amide bonds. The van der Waals surface area contributed by atoms with Gasteiger partial charge in [-0.2, -0.15) is 0 Å². The molecule has 1 aromatic carbocycles. The monoisotopic (exact) mass is 289 g/mol. The van der Waals surface area contributed by atoms with Crippen molar-refractivity contribution in [2.45, 2.75) is 31.3 Å². The fourth-order valence-corrected chi connectivity index (χ4v) is 1.97. The number of nitrogens with one attached hydrogen (secondary N) is 1. The highest BCUT2D eigenvalue weighted by molar-refractivity contribution is 7.98. The van der Waals surface area contributed by atoms with Crippen molar-refractivity contribution in [2.24, 2.45) is 0 Å². The van der Waals surface area contributed by atoms with Gasteiger partial charge in [0.05, 0.1) is 18.1 Å². The maximum absolute atomic E-state index is 5.66. The van der Waals surface area contributed by atoms with Gasteiger partial charge in [0.15, 0.2) is 0 Å². The molecule has 0 fully saturated rings. The number of thioether (sulfide) groups is 1. The molecule has 0 aliphatic heterocycles. The Morgan fingerprint density at radius 2 is 1.90 bits per heavy atom. The summed E-state index contributed by atoms with van der Waals surface area (Å²) in [6.45, 7) is 4.92. The Labute approximate surface area is 124 Å². The molecule has 1 aromatic heterocycles. The molecule has 2 rings (SSSR count). The van der Waals surface area contributed by atoms with Crippen LogP contribution in [0.25, 0.3) is 0 Å². The highest BCUT2D eigenvalue weighted by Gasteiger charge is 2.01. The number of rotatable bonds is 6. The lowest BCUT2D eigenvalue weighted by atomic mass is 10.3. The molecule has 2 aromatic rings. The van der Waals surface area contributed by atoms with Gasteiger partial charge >= 0.3 is 0 Å². The second-order valence-electron chi connectivity index (χ2n) is 4.66. The van der Waals surface area contributed by atoms with Crippen molar-refractivity contribution in [3.63, 3.8) is 0 Å². The molecule has 0 unspecified atom stereocenters. The van der Waals surface area contributed by atoms with E-state index in [1.54, 1.807) is 24.2 Å². The normalized spacial score (nSPS) is 10.8. The van der Waals surface area contributed by atoms with E-state index in [1.165, 1.54) is 4.90 Å². The van der Waals surface area contributed by atoms with Gasteiger partial charge in [0, 0.05) is 17.5 Å². The summed E-state index contributed by atoms with van der Waals surface area (Å²) in [6.07, 6.45) is 5.44. The molecule has 20 heavy (non-hydrogen) atoms. The topological polar surface area (TPSA) is 47.0 Å². The zero-order valence-corrected chi connectivity index (χ0v) is 12.8. The van der Waals surface area contributed by atoms with Gasteiger partial charge in [0.1, 0.15) is 5.75 Å². The Kier molecular flexibility index (Phi) is 5.38. The molecule has 0 radical (unpaired) electrons. The highest BCUT2D eigenvalue weighted by atomic mass is 32.2. The molecular weight excluding hydrogens is 270 g/mol. The average Bonchev–Trinajstić information content (AvgIpc) is 2.47. The summed E-state index contributed by atoms with van der Waals surface area (Å²) in [5, 5.41) is 3.30. The number of benzene rings is 1. The van der Waals surface area contributed by atoms with Gasteiger partial charge in [-0.1, -0.05) is 13.8 Å². The Bertz CT molecular complexity index is 526. The second-order valence-corrected chi connectivity index (χ2v) is 5.54. The Balaban J connectivity index is 1.95. The van der Waals surface area contributed by atoms with Crippen LogP contribution in [-0.2, 0) is 6.54 Å². The first-order chi connectivity index (χ1) is 9.67. The first kappa shape index (κ1) is 14.8. The summed E-state index contributed by atoms with van der Waals surface area (Å²) in [5.74, 6) is 1.28. The largest absolute Gasteiger partial charge is 0.438 e. The van der Waals surface area contributed by atoms with Crippen molar-refractivity contribution in [1.82, 2.24) is 15.3 Å². The van der Waals surface area contributed by atoms with Crippen LogP contribution in [-0.4, -0.2) is 22.3 Å². The van der Waals surface area contributed by atoms with Crippen molar-refractivity contribution >= 4 is 11.8 Å². The minimum Gasteiger partial charge on any atom is -0.438 e. The predicted molar refractivity (Wildman–Crippen MR) is 82.3 cm³/mol. The molecule has 5 heteroatoms. The van der Waals surface area contributed by atoms with Crippen molar-refractivity contribution in [2.75, 3.05) is 6.26 Å². The quantitative estimate of drug-likeness (QED) is 0.825. The van der Waals surface area contributed by atoms with E-state index in [0.717, 1.165) is 11.4 Å². The number of nitrogens with zero attached hydrogens (tertiary/aromatic N) is 2. The smallest absolute Gasteiger partial charge is 0.237 e. The maximum atomic E-state index is 5.66. The molecule has 0 aliphatic rings. The van der Waals surface area contributed by atoms with Gasteiger partial charge in [0.25, 0.3) is 0 Å². The third kappa shape index (κ3) is 4.51. The number of ether oxygens (including phenoxy) is 1. The Morgan fingerprint density at radius 3 is 2.45 bits per heavy atom. The van der Waals surface area contributed by atoms with Crippen LogP contribution in [0.4, 0.5) is 0 Å². The molecule has 0 aliphatic carbocycles. The van der Waals surface area contributed by atoms with E-state index >= 15 is 0 Å². The van der Waals surface area contributed by atoms with E-state index in [2.05, 4.69) is 29.1 Å². The van der Waals surface area contributed by atoms with Gasteiger partial charge in [0.2, 0.25) is 5.88 Å². The molecule has 0 saturated heterocycles. The minimum absolute atomic E-state index is 0.433. The van der Waals surface area contributed by atoms with Crippen LogP contribution in [0.5, 0.6) is 11.6 Å². The van der Waals surface area contributed by atoms with Crippen molar-refractivity contribution < 1.29 is 4.74 Å². The summed E-state index contributed by atoms with van der Waals surface area (Å²) in [6, 6.07) is 8.34. The van der Waals surface area contributed by atoms with E-state index in [0.29, 0.717) is 18.5 Å². The molecule has 1 N–H and O–H groups in total. The first-order valence-electron chi connectivity index (χ1n) is 6.53. The van der Waals surface area contributed by atoms with Crippen LogP contribution in [0.15, 0.2) is 41.6 Å². The molecule has 1 heterocycles. The number of hydrogen-bond acceptors (Lipinski definition) is 5. The summed E-state index contributed by atoms with van der Waals surface area (Å²) in [5.41, 5.74) is 0.906. The fraction of sp³-hybridized carbons (Fsp3) is 0.333. The summed E-state index contributed by atoms with van der Waals surface area (Å²) in [4.78, 5) is 9.80. The first-order valence-corrected chi connectivity index (χ1v) is 7.76. The SMILES string of the molecule is CSc1ccc(Oc2cnc(CNC(C)C)cn2)cc1. The summed E-state index contributed by atoms with van der Waals surface area (Å²) in [7, 11) is 0. The van der Waals surface area contributed by atoms with Gasteiger partial charge in [-0.25, -0.2) is 4.98 Å². The Morgan fingerprint density at radius 1 is 1.15 bits per heavy atom. The average molecular weight is 289 g/mol. The van der Waals surface area contributed by atoms with Crippen molar-refractivity contribution in [1.29, 1.82) is 0 Å². The van der Waals surface area contributed by atoms with E-state index in [9.17, 15) is 0 Å². The number of aromatic nitrogens is 2. The predicted octanol–water partition coefficient (Wildman–Crippen LogP) is 3.49. The molecular formula is C15H19N3OS. The van der Waals surface area contributed by atoms with Crippen LogP contribution in [0, 0.1) is 0 Å². The van der Waals surface area contributed by atoms with Crippen molar-refractivity contribution in [3.05, 3.63) is 42.4 Å². The van der Waals surface area contributed by atoms with E-state index in [-0.39, 0.29) is 0 Å². The standard InChI is InChI=1S/C15H19N3OS/c1-11(2)16-8-12-9-18-15(10-17-12)19-13-4-6-14(20-3)7-5-13/h4-7,9-11,16H,8H2,1-3H3. The lowest BCUT2D eigenvalue weighted by Crippen LogP contribution is -2.22. The zero-order valence-electron chi connectivity index (χ0n) is 12.0. The zero-order chi connectivity index (χ0) is 14.4.